The molecule has 1 N–H and O–H groups in total. The second kappa shape index (κ2) is 6.57. The molecule has 0 amide bonds. The highest BCUT2D eigenvalue weighted by atomic mass is 35.5. The summed E-state index contributed by atoms with van der Waals surface area (Å²) in [6.07, 6.45) is 0. The Kier molecular flexibility index (Phi) is 5.03. The van der Waals surface area contributed by atoms with Gasteiger partial charge in [0.2, 0.25) is 0 Å². The maximum Gasteiger partial charge on any atom is 0.127 e. The minimum atomic E-state index is -0.211. The average molecular weight is 312 g/mol. The maximum atomic E-state index is 13.7. The molecule has 2 rings (SSSR count). The minimum Gasteiger partial charge on any atom is -0.303 e. The Balaban J connectivity index is 2.17. The number of rotatable bonds is 4. The van der Waals surface area contributed by atoms with Gasteiger partial charge in [0.15, 0.2) is 0 Å². The van der Waals surface area contributed by atoms with Gasteiger partial charge in [-0.25, -0.2) is 4.39 Å². The van der Waals surface area contributed by atoms with Crippen LogP contribution >= 0.6 is 23.2 Å². The molecule has 0 aliphatic carbocycles. The number of hydrogen-bond acceptors (Lipinski definition) is 1. The van der Waals surface area contributed by atoms with Crippen LogP contribution in [0.25, 0.3) is 0 Å². The molecular formula is C16H16Cl2FN. The van der Waals surface area contributed by atoms with E-state index in [4.69, 9.17) is 23.2 Å². The molecule has 0 aliphatic heterocycles. The van der Waals surface area contributed by atoms with Crippen LogP contribution < -0.4 is 5.32 Å². The first-order chi connectivity index (χ1) is 9.49. The van der Waals surface area contributed by atoms with Crippen LogP contribution in [0.3, 0.4) is 0 Å². The summed E-state index contributed by atoms with van der Waals surface area (Å²) in [4.78, 5) is 0. The van der Waals surface area contributed by atoms with E-state index in [9.17, 15) is 4.39 Å². The highest BCUT2D eigenvalue weighted by Crippen LogP contribution is 2.28. The van der Waals surface area contributed by atoms with Crippen molar-refractivity contribution in [1.82, 2.24) is 5.32 Å². The Morgan fingerprint density at radius 1 is 0.950 bits per heavy atom. The smallest absolute Gasteiger partial charge is 0.127 e. The van der Waals surface area contributed by atoms with Crippen LogP contribution in [0.5, 0.6) is 0 Å². The first kappa shape index (κ1) is 15.3. The van der Waals surface area contributed by atoms with Crippen molar-refractivity contribution in [3.8, 4) is 0 Å². The molecular weight excluding hydrogens is 296 g/mol. The third-order valence-electron chi connectivity index (χ3n) is 3.30. The molecule has 0 bridgehead atoms. The van der Waals surface area contributed by atoms with Crippen molar-refractivity contribution in [3.63, 3.8) is 0 Å². The number of hydrogen-bond donors (Lipinski definition) is 1. The van der Waals surface area contributed by atoms with Crippen LogP contribution in [0.15, 0.2) is 42.5 Å². The van der Waals surface area contributed by atoms with E-state index >= 15 is 0 Å². The van der Waals surface area contributed by atoms with Crippen LogP contribution in [0, 0.1) is 5.82 Å². The zero-order valence-electron chi connectivity index (χ0n) is 11.3. The SMILES string of the molecule is CC(NC(C)c1cc(Cl)ccc1Cl)c1ccccc1F. The summed E-state index contributed by atoms with van der Waals surface area (Å²) in [5.74, 6) is -0.211. The highest BCUT2D eigenvalue weighted by molar-refractivity contribution is 6.33. The summed E-state index contributed by atoms with van der Waals surface area (Å²) in [5.41, 5.74) is 1.54. The molecule has 2 atom stereocenters. The molecule has 4 heteroatoms. The fourth-order valence-corrected chi connectivity index (χ4v) is 2.69. The van der Waals surface area contributed by atoms with E-state index in [-0.39, 0.29) is 17.9 Å². The minimum absolute atomic E-state index is 0.0317. The topological polar surface area (TPSA) is 12.0 Å². The summed E-state index contributed by atoms with van der Waals surface area (Å²) in [5, 5.41) is 4.62. The van der Waals surface area contributed by atoms with Gasteiger partial charge in [-0.15, -0.1) is 0 Å². The molecule has 2 aromatic carbocycles. The van der Waals surface area contributed by atoms with Gasteiger partial charge in [0.25, 0.3) is 0 Å². The first-order valence-corrected chi connectivity index (χ1v) is 7.20. The van der Waals surface area contributed by atoms with Crippen LogP contribution in [0.4, 0.5) is 4.39 Å². The Labute approximate surface area is 128 Å². The number of benzene rings is 2. The van der Waals surface area contributed by atoms with Gasteiger partial charge in [0.05, 0.1) is 0 Å². The van der Waals surface area contributed by atoms with E-state index in [1.165, 1.54) is 6.07 Å². The van der Waals surface area contributed by atoms with Gasteiger partial charge < -0.3 is 5.32 Å². The van der Waals surface area contributed by atoms with Crippen LogP contribution in [0.2, 0.25) is 10.0 Å². The molecule has 0 aromatic heterocycles. The standard InChI is InChI=1S/C16H16Cl2FN/c1-10(13-5-3-4-6-16(13)19)20-11(2)14-9-12(17)7-8-15(14)18/h3-11,20H,1-2H3. The van der Waals surface area contributed by atoms with Crippen LogP contribution in [-0.2, 0) is 0 Å². The summed E-state index contributed by atoms with van der Waals surface area (Å²) >= 11 is 12.2. The van der Waals surface area contributed by atoms with E-state index in [1.807, 2.05) is 26.0 Å². The molecule has 0 saturated heterocycles. The van der Waals surface area contributed by atoms with Gasteiger partial charge >= 0.3 is 0 Å². The van der Waals surface area contributed by atoms with Crippen molar-refractivity contribution in [2.75, 3.05) is 0 Å². The lowest BCUT2D eigenvalue weighted by molar-refractivity contribution is 0.474. The lowest BCUT2D eigenvalue weighted by Crippen LogP contribution is -2.23. The van der Waals surface area contributed by atoms with E-state index in [0.717, 1.165) is 5.56 Å². The monoisotopic (exact) mass is 311 g/mol. The summed E-state index contributed by atoms with van der Waals surface area (Å²) in [6.45, 7) is 3.91. The molecule has 0 spiro atoms. The number of halogens is 3. The van der Waals surface area contributed by atoms with Gasteiger partial charge in [-0.3, -0.25) is 0 Å². The van der Waals surface area contributed by atoms with E-state index in [0.29, 0.717) is 15.6 Å². The summed E-state index contributed by atoms with van der Waals surface area (Å²) in [7, 11) is 0. The number of nitrogens with one attached hydrogen (secondary N) is 1. The van der Waals surface area contributed by atoms with Crippen LogP contribution in [-0.4, -0.2) is 0 Å². The Morgan fingerprint density at radius 2 is 1.60 bits per heavy atom. The normalized spacial score (nSPS) is 14.1. The van der Waals surface area contributed by atoms with Crippen LogP contribution in [0.1, 0.15) is 37.1 Å². The van der Waals surface area contributed by atoms with E-state index < -0.39 is 0 Å². The predicted octanol–water partition coefficient (Wildman–Crippen LogP) is 5.54. The molecule has 0 aliphatic rings. The van der Waals surface area contributed by atoms with Crippen molar-refractivity contribution in [3.05, 3.63) is 69.5 Å². The molecule has 0 saturated carbocycles. The van der Waals surface area contributed by atoms with Gasteiger partial charge in [-0.1, -0.05) is 41.4 Å². The second-order valence-electron chi connectivity index (χ2n) is 4.80. The van der Waals surface area contributed by atoms with Crippen molar-refractivity contribution < 1.29 is 4.39 Å². The van der Waals surface area contributed by atoms with Crippen molar-refractivity contribution in [2.24, 2.45) is 0 Å². The van der Waals surface area contributed by atoms with Crippen molar-refractivity contribution >= 4 is 23.2 Å². The van der Waals surface area contributed by atoms with Crippen molar-refractivity contribution in [2.45, 2.75) is 25.9 Å². The first-order valence-electron chi connectivity index (χ1n) is 6.44. The molecule has 2 unspecified atom stereocenters. The molecule has 0 radical (unpaired) electrons. The van der Waals surface area contributed by atoms with Gasteiger partial charge in [-0.05, 0) is 43.7 Å². The second-order valence-corrected chi connectivity index (χ2v) is 5.64. The molecule has 2 aromatic rings. The fourth-order valence-electron chi connectivity index (χ4n) is 2.23. The molecule has 20 heavy (non-hydrogen) atoms. The maximum absolute atomic E-state index is 13.7. The Hall–Kier alpha value is -1.09. The van der Waals surface area contributed by atoms with Gasteiger partial charge in [-0.2, -0.15) is 0 Å². The summed E-state index contributed by atoms with van der Waals surface area (Å²) in [6, 6.07) is 11.9. The predicted molar refractivity (Wildman–Crippen MR) is 82.8 cm³/mol. The molecule has 106 valence electrons. The lowest BCUT2D eigenvalue weighted by atomic mass is 10.0. The zero-order chi connectivity index (χ0) is 14.7. The quantitative estimate of drug-likeness (QED) is 0.781. The lowest BCUT2D eigenvalue weighted by Gasteiger charge is -2.22. The molecule has 1 nitrogen and oxygen atoms in total. The fraction of sp³-hybridized carbons (Fsp3) is 0.250. The van der Waals surface area contributed by atoms with Gasteiger partial charge in [0, 0.05) is 27.7 Å². The van der Waals surface area contributed by atoms with E-state index in [1.54, 1.807) is 24.3 Å². The Morgan fingerprint density at radius 3 is 2.30 bits per heavy atom. The van der Waals surface area contributed by atoms with Crippen molar-refractivity contribution in [1.29, 1.82) is 0 Å². The highest BCUT2D eigenvalue weighted by Gasteiger charge is 2.16. The summed E-state index contributed by atoms with van der Waals surface area (Å²) < 4.78 is 13.7. The Bertz CT molecular complexity index is 601. The van der Waals surface area contributed by atoms with E-state index in [2.05, 4.69) is 5.32 Å². The zero-order valence-corrected chi connectivity index (χ0v) is 12.8. The largest absolute Gasteiger partial charge is 0.303 e. The third kappa shape index (κ3) is 3.51. The molecule has 0 fully saturated rings. The average Bonchev–Trinajstić information content (AvgIpc) is 2.41. The molecule has 0 heterocycles. The third-order valence-corrected chi connectivity index (χ3v) is 3.88. The van der Waals surface area contributed by atoms with Gasteiger partial charge in [0.1, 0.15) is 5.82 Å².